The third-order valence-corrected chi connectivity index (χ3v) is 3.57. The van der Waals surface area contributed by atoms with Crippen LogP contribution in [0.1, 0.15) is 30.9 Å². The summed E-state index contributed by atoms with van der Waals surface area (Å²) in [6, 6.07) is 6.15. The normalized spacial score (nSPS) is 14.3. The van der Waals surface area contributed by atoms with Crippen molar-refractivity contribution < 1.29 is 9.84 Å². The largest absolute Gasteiger partial charge is 0.494 e. The minimum atomic E-state index is -0.202. The lowest BCUT2D eigenvalue weighted by Crippen LogP contribution is -2.43. The molecule has 0 aliphatic carbocycles. The third-order valence-electron chi connectivity index (χ3n) is 3.57. The first-order valence-corrected chi connectivity index (χ1v) is 6.50. The van der Waals surface area contributed by atoms with Crippen LogP contribution in [0.4, 0.5) is 0 Å². The van der Waals surface area contributed by atoms with Crippen molar-refractivity contribution in [2.45, 2.75) is 39.2 Å². The summed E-state index contributed by atoms with van der Waals surface area (Å²) in [4.78, 5) is 0. The predicted octanol–water partition coefficient (Wildman–Crippen LogP) is 2.43. The highest BCUT2D eigenvalue weighted by Crippen LogP contribution is 2.17. The van der Waals surface area contributed by atoms with E-state index in [2.05, 4.69) is 31.3 Å². The highest BCUT2D eigenvalue weighted by Gasteiger charge is 2.19. The van der Waals surface area contributed by atoms with Crippen LogP contribution in [0.25, 0.3) is 0 Å². The zero-order valence-electron chi connectivity index (χ0n) is 11.9. The van der Waals surface area contributed by atoms with E-state index in [0.717, 1.165) is 18.6 Å². The first kappa shape index (κ1) is 15.0. The van der Waals surface area contributed by atoms with E-state index in [-0.39, 0.29) is 12.1 Å². The van der Waals surface area contributed by atoms with E-state index in [1.807, 2.05) is 20.0 Å². The molecule has 0 heterocycles. The number of benzene rings is 1. The number of rotatable bonds is 7. The number of ether oxygens (including phenoxy) is 1. The molecule has 1 aromatic rings. The minimum Gasteiger partial charge on any atom is -0.494 e. The number of hydrogen-bond acceptors (Lipinski definition) is 3. The van der Waals surface area contributed by atoms with Crippen LogP contribution in [-0.2, 0) is 0 Å². The molecule has 0 spiro atoms. The Kier molecular flexibility index (Phi) is 5.63. The second kappa shape index (κ2) is 6.76. The summed E-state index contributed by atoms with van der Waals surface area (Å²) in [7, 11) is 1.88. The lowest BCUT2D eigenvalue weighted by atomic mass is 9.97. The number of hydrogen-bond donors (Lipinski definition) is 2. The Labute approximate surface area is 110 Å². The first-order chi connectivity index (χ1) is 8.50. The fraction of sp³-hybridized carbons (Fsp3) is 0.600. The second-order valence-electron chi connectivity index (χ2n) is 5.17. The maximum absolute atomic E-state index is 9.27. The van der Waals surface area contributed by atoms with Crippen LogP contribution in [0.15, 0.2) is 18.2 Å². The summed E-state index contributed by atoms with van der Waals surface area (Å²) in [5.41, 5.74) is 2.33. The molecule has 18 heavy (non-hydrogen) atoms. The van der Waals surface area contributed by atoms with E-state index < -0.39 is 0 Å². The summed E-state index contributed by atoms with van der Waals surface area (Å²) in [5.74, 6) is 0.924. The van der Waals surface area contributed by atoms with E-state index in [9.17, 15) is 5.11 Å². The standard InChI is InChI=1S/C15H25NO2/c1-12-6-7-14(10-13(12)2)18-9-5-8-15(3,11-17)16-4/h6-7,10,16-17H,5,8-9,11H2,1-4H3. The monoisotopic (exact) mass is 251 g/mol. The van der Waals surface area contributed by atoms with E-state index in [0.29, 0.717) is 6.61 Å². The minimum absolute atomic E-state index is 0.146. The molecule has 3 heteroatoms. The molecule has 102 valence electrons. The van der Waals surface area contributed by atoms with Gasteiger partial charge in [0.25, 0.3) is 0 Å². The number of aliphatic hydroxyl groups is 1. The third kappa shape index (κ3) is 4.31. The fourth-order valence-electron chi connectivity index (χ4n) is 1.74. The molecule has 0 aromatic heterocycles. The van der Waals surface area contributed by atoms with Crippen molar-refractivity contribution in [2.24, 2.45) is 0 Å². The molecule has 0 radical (unpaired) electrons. The average molecular weight is 251 g/mol. The van der Waals surface area contributed by atoms with Gasteiger partial charge in [-0.1, -0.05) is 6.07 Å². The molecule has 1 aromatic carbocycles. The molecular formula is C15H25NO2. The molecule has 0 amide bonds. The summed E-state index contributed by atoms with van der Waals surface area (Å²) in [6.45, 7) is 7.03. The van der Waals surface area contributed by atoms with Gasteiger partial charge in [-0.2, -0.15) is 0 Å². The molecule has 0 aliphatic rings. The summed E-state index contributed by atoms with van der Waals surface area (Å²) < 4.78 is 5.72. The van der Waals surface area contributed by atoms with Crippen molar-refractivity contribution in [3.05, 3.63) is 29.3 Å². The molecular weight excluding hydrogens is 226 g/mol. The number of likely N-dealkylation sites (N-methyl/N-ethyl adjacent to an activating group) is 1. The van der Waals surface area contributed by atoms with Crippen LogP contribution in [0.5, 0.6) is 5.75 Å². The van der Waals surface area contributed by atoms with Gasteiger partial charge in [0.2, 0.25) is 0 Å². The van der Waals surface area contributed by atoms with E-state index in [1.165, 1.54) is 11.1 Å². The maximum atomic E-state index is 9.27. The van der Waals surface area contributed by atoms with Crippen LogP contribution >= 0.6 is 0 Å². The highest BCUT2D eigenvalue weighted by molar-refractivity contribution is 5.33. The van der Waals surface area contributed by atoms with Crippen molar-refractivity contribution in [3.63, 3.8) is 0 Å². The Morgan fingerprint density at radius 2 is 2.00 bits per heavy atom. The summed E-state index contributed by atoms with van der Waals surface area (Å²) in [6.07, 6.45) is 1.82. The van der Waals surface area contributed by atoms with E-state index in [4.69, 9.17) is 4.74 Å². The Balaban J connectivity index is 2.36. The van der Waals surface area contributed by atoms with E-state index in [1.54, 1.807) is 0 Å². The lowest BCUT2D eigenvalue weighted by Gasteiger charge is -2.26. The highest BCUT2D eigenvalue weighted by atomic mass is 16.5. The molecule has 0 aliphatic heterocycles. The smallest absolute Gasteiger partial charge is 0.119 e. The van der Waals surface area contributed by atoms with Crippen molar-refractivity contribution in [3.8, 4) is 5.75 Å². The van der Waals surface area contributed by atoms with Gasteiger partial charge in [-0.3, -0.25) is 0 Å². The predicted molar refractivity (Wildman–Crippen MR) is 75.2 cm³/mol. The molecule has 0 saturated carbocycles. The Morgan fingerprint density at radius 1 is 1.28 bits per heavy atom. The number of nitrogens with one attached hydrogen (secondary N) is 1. The van der Waals surface area contributed by atoms with Crippen LogP contribution in [0, 0.1) is 13.8 Å². The average Bonchev–Trinajstić information content (AvgIpc) is 2.38. The molecule has 0 saturated heterocycles. The van der Waals surface area contributed by atoms with Gasteiger partial charge < -0.3 is 15.2 Å². The fourth-order valence-corrected chi connectivity index (χ4v) is 1.74. The van der Waals surface area contributed by atoms with Crippen molar-refractivity contribution in [2.75, 3.05) is 20.3 Å². The number of aryl methyl sites for hydroxylation is 2. The molecule has 1 rings (SSSR count). The summed E-state index contributed by atoms with van der Waals surface area (Å²) in [5, 5.41) is 12.4. The van der Waals surface area contributed by atoms with Crippen LogP contribution < -0.4 is 10.1 Å². The van der Waals surface area contributed by atoms with Gasteiger partial charge in [-0.15, -0.1) is 0 Å². The Hall–Kier alpha value is -1.06. The Bertz CT molecular complexity index is 373. The van der Waals surface area contributed by atoms with Crippen molar-refractivity contribution >= 4 is 0 Å². The van der Waals surface area contributed by atoms with Crippen LogP contribution in [0.2, 0.25) is 0 Å². The number of aliphatic hydroxyl groups excluding tert-OH is 1. The SMILES string of the molecule is CNC(C)(CO)CCCOc1ccc(C)c(C)c1. The van der Waals surface area contributed by atoms with Gasteiger partial charge in [0.05, 0.1) is 13.2 Å². The molecule has 2 N–H and O–H groups in total. The van der Waals surface area contributed by atoms with Gasteiger partial charge in [0.1, 0.15) is 5.75 Å². The zero-order chi connectivity index (χ0) is 13.6. The maximum Gasteiger partial charge on any atom is 0.119 e. The van der Waals surface area contributed by atoms with Crippen LogP contribution in [-0.4, -0.2) is 30.9 Å². The molecule has 3 nitrogen and oxygen atoms in total. The quantitative estimate of drug-likeness (QED) is 0.731. The molecule has 1 unspecified atom stereocenters. The molecule has 0 bridgehead atoms. The second-order valence-corrected chi connectivity index (χ2v) is 5.17. The molecule has 0 fully saturated rings. The van der Waals surface area contributed by atoms with Crippen molar-refractivity contribution in [1.29, 1.82) is 0 Å². The van der Waals surface area contributed by atoms with Gasteiger partial charge in [0.15, 0.2) is 0 Å². The Morgan fingerprint density at radius 3 is 2.56 bits per heavy atom. The zero-order valence-corrected chi connectivity index (χ0v) is 11.9. The van der Waals surface area contributed by atoms with Gasteiger partial charge in [-0.25, -0.2) is 0 Å². The van der Waals surface area contributed by atoms with Crippen LogP contribution in [0.3, 0.4) is 0 Å². The first-order valence-electron chi connectivity index (χ1n) is 6.50. The lowest BCUT2D eigenvalue weighted by molar-refractivity contribution is 0.163. The van der Waals surface area contributed by atoms with Gasteiger partial charge >= 0.3 is 0 Å². The summed E-state index contributed by atoms with van der Waals surface area (Å²) >= 11 is 0. The van der Waals surface area contributed by atoms with Crippen molar-refractivity contribution in [1.82, 2.24) is 5.32 Å². The molecule has 1 atom stereocenters. The van der Waals surface area contributed by atoms with Gasteiger partial charge in [-0.05, 0) is 63.9 Å². The van der Waals surface area contributed by atoms with Gasteiger partial charge in [0, 0.05) is 5.54 Å². The van der Waals surface area contributed by atoms with E-state index >= 15 is 0 Å². The topological polar surface area (TPSA) is 41.5 Å².